The number of fused-ring (bicyclic) bond motifs is 1. The lowest BCUT2D eigenvalue weighted by Crippen LogP contribution is -2.16. The number of benzene rings is 2. The van der Waals surface area contributed by atoms with Crippen LogP contribution in [0.25, 0.3) is 10.1 Å². The van der Waals surface area contributed by atoms with Gasteiger partial charge in [-0.05, 0) is 36.2 Å². The number of halogens is 1. The Kier molecular flexibility index (Phi) is 9.91. The van der Waals surface area contributed by atoms with E-state index in [2.05, 4.69) is 17.5 Å². The van der Waals surface area contributed by atoms with Gasteiger partial charge in [0.2, 0.25) is 5.91 Å². The quantitative estimate of drug-likeness (QED) is 0.0956. The number of ether oxygens (including phenoxy) is 2. The molecule has 1 amide bonds. The van der Waals surface area contributed by atoms with Crippen molar-refractivity contribution in [2.24, 2.45) is 5.10 Å². The molecule has 6 nitrogen and oxygen atoms in total. The van der Waals surface area contributed by atoms with E-state index in [0.29, 0.717) is 27.6 Å². The first-order valence-electron chi connectivity index (χ1n) is 11.4. The van der Waals surface area contributed by atoms with E-state index in [9.17, 15) is 9.59 Å². The first kappa shape index (κ1) is 25.7. The highest BCUT2D eigenvalue weighted by Gasteiger charge is 2.20. The zero-order chi connectivity index (χ0) is 24.3. The van der Waals surface area contributed by atoms with Gasteiger partial charge in [-0.25, -0.2) is 10.2 Å². The highest BCUT2D eigenvalue weighted by molar-refractivity contribution is 7.21. The van der Waals surface area contributed by atoms with Crippen LogP contribution in [0.5, 0.6) is 11.5 Å². The average molecular weight is 501 g/mol. The maximum Gasteiger partial charge on any atom is 0.355 e. The molecule has 0 fully saturated rings. The lowest BCUT2D eigenvalue weighted by molar-refractivity contribution is -0.121. The number of carbonyl (C=O) groups is 2. The van der Waals surface area contributed by atoms with Crippen molar-refractivity contribution in [3.63, 3.8) is 0 Å². The number of carbonyl (C=O) groups excluding carboxylic acids is 2. The molecule has 0 aliphatic rings. The van der Waals surface area contributed by atoms with Gasteiger partial charge in [0.1, 0.15) is 4.88 Å². The van der Waals surface area contributed by atoms with Crippen LogP contribution in [0.1, 0.15) is 67.1 Å². The highest BCUT2D eigenvalue weighted by atomic mass is 35.5. The molecule has 0 saturated carbocycles. The molecular weight excluding hydrogens is 472 g/mol. The van der Waals surface area contributed by atoms with Gasteiger partial charge in [0, 0.05) is 16.5 Å². The van der Waals surface area contributed by atoms with Crippen LogP contribution in [0.2, 0.25) is 5.02 Å². The van der Waals surface area contributed by atoms with Crippen molar-refractivity contribution in [1.82, 2.24) is 5.43 Å². The molecule has 3 rings (SSSR count). The van der Waals surface area contributed by atoms with E-state index in [1.807, 2.05) is 24.3 Å². The molecule has 180 valence electrons. The zero-order valence-electron chi connectivity index (χ0n) is 19.4. The van der Waals surface area contributed by atoms with E-state index in [-0.39, 0.29) is 11.7 Å². The largest absolute Gasteiger partial charge is 0.493 e. The van der Waals surface area contributed by atoms with Gasteiger partial charge in [-0.2, -0.15) is 5.10 Å². The summed E-state index contributed by atoms with van der Waals surface area (Å²) in [5, 5.41) is 5.21. The average Bonchev–Trinajstić information content (AvgIpc) is 3.19. The smallest absolute Gasteiger partial charge is 0.355 e. The molecular formula is C26H29ClN2O4S. The lowest BCUT2D eigenvalue weighted by atomic mass is 10.1. The van der Waals surface area contributed by atoms with Gasteiger partial charge in [0.25, 0.3) is 0 Å². The molecule has 0 atom stereocenters. The van der Waals surface area contributed by atoms with E-state index in [4.69, 9.17) is 21.1 Å². The van der Waals surface area contributed by atoms with E-state index >= 15 is 0 Å². The van der Waals surface area contributed by atoms with Gasteiger partial charge in [-0.3, -0.25) is 4.79 Å². The lowest BCUT2D eigenvalue weighted by Gasteiger charge is -2.09. The van der Waals surface area contributed by atoms with Gasteiger partial charge in [-0.15, -0.1) is 11.3 Å². The van der Waals surface area contributed by atoms with Crippen LogP contribution < -0.4 is 14.9 Å². The van der Waals surface area contributed by atoms with Crippen molar-refractivity contribution in [1.29, 1.82) is 0 Å². The van der Waals surface area contributed by atoms with Gasteiger partial charge >= 0.3 is 5.97 Å². The number of unbranched alkanes of at least 4 members (excludes halogenated alkanes) is 5. The minimum absolute atomic E-state index is 0.107. The predicted molar refractivity (Wildman–Crippen MR) is 139 cm³/mol. The number of nitrogens with zero attached hydrogens (tertiary/aromatic N) is 1. The number of hydrazone groups is 1. The molecule has 1 N–H and O–H groups in total. The Labute approximate surface area is 208 Å². The number of thiophene rings is 1. The summed E-state index contributed by atoms with van der Waals surface area (Å²) in [6, 6.07) is 12.6. The molecule has 0 unspecified atom stereocenters. The Hall–Kier alpha value is -2.90. The number of nitrogens with one attached hydrogen (secondary N) is 1. The fraction of sp³-hybridized carbons (Fsp3) is 0.346. The molecule has 0 spiro atoms. The van der Waals surface area contributed by atoms with E-state index in [0.717, 1.165) is 29.3 Å². The number of esters is 1. The van der Waals surface area contributed by atoms with E-state index in [1.54, 1.807) is 18.2 Å². The molecule has 1 heterocycles. The molecule has 8 heteroatoms. The molecule has 3 aromatic rings. The van der Waals surface area contributed by atoms with E-state index < -0.39 is 5.97 Å². The van der Waals surface area contributed by atoms with Crippen LogP contribution in [0.15, 0.2) is 47.6 Å². The molecule has 0 aliphatic carbocycles. The van der Waals surface area contributed by atoms with Crippen molar-refractivity contribution in [3.05, 3.63) is 57.9 Å². The number of rotatable bonds is 12. The summed E-state index contributed by atoms with van der Waals surface area (Å²) < 4.78 is 11.8. The monoisotopic (exact) mass is 500 g/mol. The number of methoxy groups -OCH3 is 1. The van der Waals surface area contributed by atoms with Gasteiger partial charge < -0.3 is 9.47 Å². The van der Waals surface area contributed by atoms with Crippen LogP contribution in [0, 0.1) is 0 Å². The standard InChI is InChI=1S/C26H29ClN2O4S/c1-3-4-5-6-7-8-13-23(30)29-28-17-18-14-15-20(21(16-18)32-2)33-26(31)25-24(27)19-11-9-10-12-22(19)34-25/h9-12,14-17H,3-8,13H2,1-2H3,(H,29,30)/b28-17-. The van der Waals surface area contributed by atoms with Crippen LogP contribution in [-0.2, 0) is 4.79 Å². The molecule has 1 aromatic heterocycles. The molecule has 0 aliphatic heterocycles. The fourth-order valence-electron chi connectivity index (χ4n) is 3.44. The summed E-state index contributed by atoms with van der Waals surface area (Å²) in [5.41, 5.74) is 3.24. The summed E-state index contributed by atoms with van der Waals surface area (Å²) in [5.74, 6) is -0.0180. The van der Waals surface area contributed by atoms with Crippen LogP contribution in [0.4, 0.5) is 0 Å². The minimum atomic E-state index is -0.548. The number of hydrogen-bond acceptors (Lipinski definition) is 6. The maximum atomic E-state index is 12.7. The second-order valence-electron chi connectivity index (χ2n) is 7.85. The molecule has 0 radical (unpaired) electrons. The Morgan fingerprint density at radius 2 is 1.82 bits per heavy atom. The summed E-state index contributed by atoms with van der Waals surface area (Å²) in [6.07, 6.45) is 8.75. The highest BCUT2D eigenvalue weighted by Crippen LogP contribution is 2.37. The Morgan fingerprint density at radius 1 is 1.06 bits per heavy atom. The normalized spacial score (nSPS) is 11.1. The second-order valence-corrected chi connectivity index (χ2v) is 9.28. The number of amides is 1. The SMILES string of the molecule is CCCCCCCCC(=O)N/N=C\c1ccc(OC(=O)c2sc3ccccc3c2Cl)c(OC)c1. The first-order valence-corrected chi connectivity index (χ1v) is 12.6. The minimum Gasteiger partial charge on any atom is -0.493 e. The van der Waals surface area contributed by atoms with Crippen LogP contribution >= 0.6 is 22.9 Å². The van der Waals surface area contributed by atoms with Crippen molar-refractivity contribution in [2.75, 3.05) is 7.11 Å². The summed E-state index contributed by atoms with van der Waals surface area (Å²) in [7, 11) is 1.49. The van der Waals surface area contributed by atoms with Crippen LogP contribution in [0.3, 0.4) is 0 Å². The fourth-order valence-corrected chi connectivity index (χ4v) is 4.83. The Balaban J connectivity index is 1.56. The molecule has 34 heavy (non-hydrogen) atoms. The third-order valence-corrected chi connectivity index (χ3v) is 6.93. The zero-order valence-corrected chi connectivity index (χ0v) is 21.0. The molecule has 2 aromatic carbocycles. The predicted octanol–water partition coefficient (Wildman–Crippen LogP) is 6.98. The summed E-state index contributed by atoms with van der Waals surface area (Å²) in [4.78, 5) is 25.0. The summed E-state index contributed by atoms with van der Waals surface area (Å²) in [6.45, 7) is 2.18. The topological polar surface area (TPSA) is 77.0 Å². The van der Waals surface area contributed by atoms with Crippen LogP contribution in [-0.4, -0.2) is 25.2 Å². The van der Waals surface area contributed by atoms with Gasteiger partial charge in [0.05, 0.1) is 18.3 Å². The van der Waals surface area contributed by atoms with Crippen molar-refractivity contribution in [3.8, 4) is 11.5 Å². The summed E-state index contributed by atoms with van der Waals surface area (Å²) >= 11 is 7.67. The Bertz CT molecular complexity index is 1160. The van der Waals surface area contributed by atoms with E-state index in [1.165, 1.54) is 43.9 Å². The second kappa shape index (κ2) is 13.1. The third-order valence-electron chi connectivity index (χ3n) is 5.27. The Morgan fingerprint density at radius 3 is 2.59 bits per heavy atom. The van der Waals surface area contributed by atoms with Gasteiger partial charge in [-0.1, -0.05) is 68.8 Å². The first-order chi connectivity index (χ1) is 16.5. The van der Waals surface area contributed by atoms with Crippen molar-refractivity contribution >= 4 is 51.1 Å². The van der Waals surface area contributed by atoms with Crippen molar-refractivity contribution < 1.29 is 19.1 Å². The molecule has 0 saturated heterocycles. The molecule has 0 bridgehead atoms. The van der Waals surface area contributed by atoms with Crippen molar-refractivity contribution in [2.45, 2.75) is 51.9 Å². The third kappa shape index (κ3) is 7.05. The number of hydrogen-bond donors (Lipinski definition) is 1. The maximum absolute atomic E-state index is 12.7. The van der Waals surface area contributed by atoms with Gasteiger partial charge in [0.15, 0.2) is 11.5 Å².